The van der Waals surface area contributed by atoms with Gasteiger partial charge < -0.3 is 15.7 Å². The molecule has 1 rings (SSSR count). The van der Waals surface area contributed by atoms with E-state index in [1.165, 1.54) is 0 Å². The summed E-state index contributed by atoms with van der Waals surface area (Å²) < 4.78 is 0. The maximum Gasteiger partial charge on any atom is 0.239 e. The summed E-state index contributed by atoms with van der Waals surface area (Å²) in [4.78, 5) is 22.9. The molecule has 0 aromatic rings. The predicted octanol–water partition coefficient (Wildman–Crippen LogP) is -1.26. The number of piperazine rings is 1. The van der Waals surface area contributed by atoms with Crippen LogP contribution in [-0.2, 0) is 9.59 Å². The molecule has 6 heteroatoms. The van der Waals surface area contributed by atoms with Crippen LogP contribution in [0.2, 0.25) is 0 Å². The fraction of sp³-hybridized carbons (Fsp3) is 0.818. The van der Waals surface area contributed by atoms with Crippen LogP contribution in [-0.4, -0.2) is 47.2 Å². The Hall–Kier alpha value is -1.14. The van der Waals surface area contributed by atoms with Crippen LogP contribution in [0.4, 0.5) is 0 Å². The molecule has 4 N–H and O–H groups in total. The smallest absolute Gasteiger partial charge is 0.239 e. The van der Waals surface area contributed by atoms with Gasteiger partial charge in [-0.1, -0.05) is 0 Å². The zero-order valence-electron chi connectivity index (χ0n) is 10.8. The second kappa shape index (κ2) is 4.62. The van der Waals surface area contributed by atoms with E-state index in [4.69, 9.17) is 0 Å². The van der Waals surface area contributed by atoms with Crippen molar-refractivity contribution in [3.05, 3.63) is 0 Å². The average Bonchev–Trinajstić information content (AvgIpc) is 2.16. The molecule has 0 aromatic heterocycles. The maximum absolute atomic E-state index is 11.9. The summed E-state index contributed by atoms with van der Waals surface area (Å²) in [6, 6.07) is -0.450. The summed E-state index contributed by atoms with van der Waals surface area (Å²) in [5.41, 5.74) is -1.77. The van der Waals surface area contributed by atoms with Crippen LogP contribution in [0, 0.1) is 0 Å². The summed E-state index contributed by atoms with van der Waals surface area (Å²) >= 11 is 0. The molecule has 0 aromatic carbocycles. The maximum atomic E-state index is 11.9. The average molecular weight is 243 g/mol. The standard InChI is InChI=1S/C11H21N3O3/c1-10(2,11(3,4)17)14-9(16)7-5-13-8(15)6-12-7/h7,12,17H,5-6H2,1-4H3,(H,13,15)(H,14,16). The fourth-order valence-corrected chi connectivity index (χ4v) is 1.30. The zero-order chi connectivity index (χ0) is 13.3. The number of amides is 2. The summed E-state index contributed by atoms with van der Waals surface area (Å²) in [5, 5.41) is 18.2. The van der Waals surface area contributed by atoms with Crippen LogP contribution in [0.1, 0.15) is 27.7 Å². The van der Waals surface area contributed by atoms with E-state index in [2.05, 4.69) is 16.0 Å². The van der Waals surface area contributed by atoms with Crippen molar-refractivity contribution in [2.75, 3.05) is 13.1 Å². The van der Waals surface area contributed by atoms with E-state index in [1.807, 2.05) is 0 Å². The topological polar surface area (TPSA) is 90.5 Å². The Morgan fingerprint density at radius 3 is 2.41 bits per heavy atom. The number of carbonyl (C=O) groups excluding carboxylic acids is 2. The van der Waals surface area contributed by atoms with Crippen molar-refractivity contribution in [3.8, 4) is 0 Å². The Morgan fingerprint density at radius 2 is 2.00 bits per heavy atom. The van der Waals surface area contributed by atoms with Gasteiger partial charge in [0.1, 0.15) is 6.04 Å². The Labute approximate surface area is 101 Å². The number of carbonyl (C=O) groups is 2. The van der Waals surface area contributed by atoms with Crippen molar-refractivity contribution in [1.82, 2.24) is 16.0 Å². The third kappa shape index (κ3) is 3.41. The van der Waals surface area contributed by atoms with Crippen LogP contribution in [0.5, 0.6) is 0 Å². The summed E-state index contributed by atoms with van der Waals surface area (Å²) in [6.45, 7) is 7.21. The number of hydrogen-bond acceptors (Lipinski definition) is 4. The highest BCUT2D eigenvalue weighted by Crippen LogP contribution is 2.20. The van der Waals surface area contributed by atoms with Gasteiger partial charge in [0.2, 0.25) is 11.8 Å². The molecule has 0 radical (unpaired) electrons. The molecular formula is C11H21N3O3. The zero-order valence-corrected chi connectivity index (χ0v) is 10.8. The molecule has 1 unspecified atom stereocenters. The second-order valence-corrected chi connectivity index (χ2v) is 5.41. The molecule has 0 bridgehead atoms. The molecule has 0 saturated carbocycles. The molecule has 17 heavy (non-hydrogen) atoms. The first-order valence-electron chi connectivity index (χ1n) is 5.68. The molecule has 2 amide bonds. The first kappa shape index (κ1) is 13.9. The Balaban J connectivity index is 2.58. The molecule has 0 aliphatic carbocycles. The van der Waals surface area contributed by atoms with Crippen molar-refractivity contribution >= 4 is 11.8 Å². The van der Waals surface area contributed by atoms with Gasteiger partial charge in [-0.3, -0.25) is 14.9 Å². The van der Waals surface area contributed by atoms with E-state index in [1.54, 1.807) is 27.7 Å². The normalized spacial score (nSPS) is 21.9. The fourth-order valence-electron chi connectivity index (χ4n) is 1.30. The van der Waals surface area contributed by atoms with Gasteiger partial charge in [0.15, 0.2) is 0 Å². The predicted molar refractivity (Wildman–Crippen MR) is 63.3 cm³/mol. The summed E-state index contributed by atoms with van der Waals surface area (Å²) in [6.07, 6.45) is 0. The molecule has 1 atom stereocenters. The van der Waals surface area contributed by atoms with Gasteiger partial charge >= 0.3 is 0 Å². The molecule has 98 valence electrons. The van der Waals surface area contributed by atoms with E-state index in [0.29, 0.717) is 0 Å². The third-order valence-electron chi connectivity index (χ3n) is 3.29. The molecule has 1 fully saturated rings. The van der Waals surface area contributed by atoms with E-state index in [9.17, 15) is 14.7 Å². The quantitative estimate of drug-likeness (QED) is 0.498. The van der Waals surface area contributed by atoms with Crippen molar-refractivity contribution in [1.29, 1.82) is 0 Å². The van der Waals surface area contributed by atoms with Gasteiger partial charge in [-0.05, 0) is 27.7 Å². The molecule has 1 aliphatic rings. The molecule has 0 spiro atoms. The van der Waals surface area contributed by atoms with Crippen LogP contribution in [0.3, 0.4) is 0 Å². The van der Waals surface area contributed by atoms with Gasteiger partial charge in [-0.15, -0.1) is 0 Å². The molecule has 6 nitrogen and oxygen atoms in total. The number of nitrogens with one attached hydrogen (secondary N) is 3. The van der Waals surface area contributed by atoms with E-state index >= 15 is 0 Å². The highest BCUT2D eigenvalue weighted by atomic mass is 16.3. The lowest BCUT2D eigenvalue weighted by atomic mass is 9.85. The molecule has 1 saturated heterocycles. The van der Waals surface area contributed by atoms with Gasteiger partial charge in [0.05, 0.1) is 17.7 Å². The van der Waals surface area contributed by atoms with Crippen LogP contribution in [0.15, 0.2) is 0 Å². The van der Waals surface area contributed by atoms with Crippen molar-refractivity contribution in [2.24, 2.45) is 0 Å². The van der Waals surface area contributed by atoms with Gasteiger partial charge in [0, 0.05) is 6.54 Å². The highest BCUT2D eigenvalue weighted by Gasteiger charge is 2.38. The van der Waals surface area contributed by atoms with Gasteiger partial charge in [0.25, 0.3) is 0 Å². The first-order valence-corrected chi connectivity index (χ1v) is 5.68. The van der Waals surface area contributed by atoms with Crippen LogP contribution in [0.25, 0.3) is 0 Å². The SMILES string of the molecule is CC(C)(O)C(C)(C)NC(=O)C1CNC(=O)CN1. The Morgan fingerprint density at radius 1 is 1.41 bits per heavy atom. The number of aliphatic hydroxyl groups is 1. The number of rotatable bonds is 3. The van der Waals surface area contributed by atoms with Crippen molar-refractivity contribution < 1.29 is 14.7 Å². The van der Waals surface area contributed by atoms with Crippen LogP contribution >= 0.6 is 0 Å². The Bertz CT molecular complexity index is 310. The van der Waals surface area contributed by atoms with E-state index in [0.717, 1.165) is 0 Å². The lowest BCUT2D eigenvalue weighted by Crippen LogP contribution is -2.64. The summed E-state index contributed by atoms with van der Waals surface area (Å²) in [7, 11) is 0. The lowest BCUT2D eigenvalue weighted by Gasteiger charge is -2.39. The van der Waals surface area contributed by atoms with Gasteiger partial charge in [-0.25, -0.2) is 0 Å². The molecule has 1 aliphatic heterocycles. The van der Waals surface area contributed by atoms with E-state index in [-0.39, 0.29) is 24.9 Å². The van der Waals surface area contributed by atoms with E-state index < -0.39 is 17.2 Å². The molecular weight excluding hydrogens is 222 g/mol. The summed E-state index contributed by atoms with van der Waals surface area (Å²) in [5.74, 6) is -0.340. The monoisotopic (exact) mass is 243 g/mol. The first-order chi connectivity index (χ1) is 7.63. The highest BCUT2D eigenvalue weighted by molar-refractivity contribution is 5.87. The van der Waals surface area contributed by atoms with Crippen LogP contribution < -0.4 is 16.0 Å². The molecule has 1 heterocycles. The largest absolute Gasteiger partial charge is 0.388 e. The lowest BCUT2D eigenvalue weighted by molar-refractivity contribution is -0.130. The van der Waals surface area contributed by atoms with Crippen molar-refractivity contribution in [3.63, 3.8) is 0 Å². The minimum Gasteiger partial charge on any atom is -0.388 e. The van der Waals surface area contributed by atoms with Gasteiger partial charge in [-0.2, -0.15) is 0 Å². The minimum absolute atomic E-state index is 0.115. The Kier molecular flexibility index (Phi) is 3.78. The minimum atomic E-state index is -1.03. The second-order valence-electron chi connectivity index (χ2n) is 5.41. The third-order valence-corrected chi connectivity index (χ3v) is 3.29. The number of hydrogen-bond donors (Lipinski definition) is 4. The van der Waals surface area contributed by atoms with Crippen molar-refractivity contribution in [2.45, 2.75) is 44.9 Å².